The Labute approximate surface area is 82.6 Å². The van der Waals surface area contributed by atoms with Crippen molar-refractivity contribution in [3.63, 3.8) is 0 Å². The molecule has 0 aromatic rings. The van der Waals surface area contributed by atoms with Crippen LogP contribution in [-0.2, 0) is 14.5 Å². The van der Waals surface area contributed by atoms with E-state index in [9.17, 15) is 9.59 Å². The predicted molar refractivity (Wildman–Crippen MR) is 48.6 cm³/mol. The van der Waals surface area contributed by atoms with Gasteiger partial charge in [-0.3, -0.25) is 14.8 Å². The van der Waals surface area contributed by atoms with E-state index >= 15 is 0 Å². The third-order valence-electron chi connectivity index (χ3n) is 2.53. The number of carbonyl (C=O) groups excluding carboxylic acids is 2. The number of hydrogen-bond acceptors (Lipinski definition) is 4. The van der Waals surface area contributed by atoms with Crippen molar-refractivity contribution in [3.8, 4) is 0 Å². The molecular formula is C9H15NO4. The molecule has 0 spiro atoms. The monoisotopic (exact) mass is 201 g/mol. The lowest BCUT2D eigenvalue weighted by Crippen LogP contribution is -2.42. The molecule has 0 aromatic heterocycles. The molecule has 1 saturated heterocycles. The molecule has 0 aliphatic carbocycles. The number of hydrogen-bond donors (Lipinski definition) is 1. The van der Waals surface area contributed by atoms with Crippen LogP contribution in [0.5, 0.6) is 0 Å². The summed E-state index contributed by atoms with van der Waals surface area (Å²) in [7, 11) is 0. The quantitative estimate of drug-likeness (QED) is 0.407. The highest BCUT2D eigenvalue weighted by Crippen LogP contribution is 2.22. The standard InChI is InChI=1S/C9H15NO4/c1-3-4-5-10-6-7(11)9(2,14-13)8(10)12/h13H,3-6H2,1-2H3. The molecule has 1 N–H and O–H groups in total. The van der Waals surface area contributed by atoms with Gasteiger partial charge in [-0.2, -0.15) is 0 Å². The van der Waals surface area contributed by atoms with E-state index in [-0.39, 0.29) is 12.3 Å². The Kier molecular flexibility index (Phi) is 3.23. The van der Waals surface area contributed by atoms with Gasteiger partial charge in [0.05, 0.1) is 6.54 Å². The van der Waals surface area contributed by atoms with Gasteiger partial charge in [0.15, 0.2) is 5.78 Å². The topological polar surface area (TPSA) is 66.8 Å². The predicted octanol–water partition coefficient (Wildman–Crippen LogP) is 0.446. The van der Waals surface area contributed by atoms with Crippen LogP contribution in [0.3, 0.4) is 0 Å². The lowest BCUT2D eigenvalue weighted by Gasteiger charge is -2.18. The summed E-state index contributed by atoms with van der Waals surface area (Å²) in [6.45, 7) is 3.88. The summed E-state index contributed by atoms with van der Waals surface area (Å²) < 4.78 is 0. The maximum absolute atomic E-state index is 11.6. The van der Waals surface area contributed by atoms with E-state index in [1.807, 2.05) is 6.92 Å². The maximum atomic E-state index is 11.6. The number of rotatable bonds is 4. The Morgan fingerprint density at radius 2 is 2.21 bits per heavy atom. The Morgan fingerprint density at radius 1 is 1.57 bits per heavy atom. The molecule has 1 heterocycles. The number of amides is 1. The summed E-state index contributed by atoms with van der Waals surface area (Å²) in [6, 6.07) is 0. The minimum atomic E-state index is -1.67. The van der Waals surface area contributed by atoms with Crippen LogP contribution in [-0.4, -0.2) is 40.5 Å². The van der Waals surface area contributed by atoms with E-state index in [1.165, 1.54) is 11.8 Å². The first kappa shape index (κ1) is 11.1. The molecule has 5 heteroatoms. The van der Waals surface area contributed by atoms with Gasteiger partial charge in [0.1, 0.15) is 0 Å². The van der Waals surface area contributed by atoms with Crippen molar-refractivity contribution in [2.45, 2.75) is 32.3 Å². The summed E-state index contributed by atoms with van der Waals surface area (Å²) in [6.07, 6.45) is 1.80. The fraction of sp³-hybridized carbons (Fsp3) is 0.778. The van der Waals surface area contributed by atoms with Crippen LogP contribution in [0.1, 0.15) is 26.7 Å². The van der Waals surface area contributed by atoms with Gasteiger partial charge in [-0.25, -0.2) is 4.89 Å². The average Bonchev–Trinajstić information content (AvgIpc) is 2.40. The minimum Gasteiger partial charge on any atom is -0.332 e. The van der Waals surface area contributed by atoms with Gasteiger partial charge in [0.2, 0.25) is 5.60 Å². The van der Waals surface area contributed by atoms with Crippen molar-refractivity contribution in [1.82, 2.24) is 4.90 Å². The van der Waals surface area contributed by atoms with Crippen molar-refractivity contribution in [2.75, 3.05) is 13.1 Å². The van der Waals surface area contributed by atoms with Crippen molar-refractivity contribution in [1.29, 1.82) is 0 Å². The fourth-order valence-corrected chi connectivity index (χ4v) is 1.44. The molecule has 0 saturated carbocycles. The number of carbonyl (C=O) groups is 2. The molecule has 1 unspecified atom stereocenters. The van der Waals surface area contributed by atoms with Gasteiger partial charge in [0.25, 0.3) is 5.91 Å². The first-order valence-electron chi connectivity index (χ1n) is 4.71. The summed E-state index contributed by atoms with van der Waals surface area (Å²) >= 11 is 0. The van der Waals surface area contributed by atoms with Crippen molar-refractivity contribution < 1.29 is 19.7 Å². The molecule has 14 heavy (non-hydrogen) atoms. The van der Waals surface area contributed by atoms with Crippen molar-refractivity contribution in [3.05, 3.63) is 0 Å². The first-order valence-corrected chi connectivity index (χ1v) is 4.71. The summed E-state index contributed by atoms with van der Waals surface area (Å²) in [5, 5.41) is 8.54. The van der Waals surface area contributed by atoms with Crippen LogP contribution >= 0.6 is 0 Å². The van der Waals surface area contributed by atoms with E-state index < -0.39 is 11.5 Å². The van der Waals surface area contributed by atoms with Gasteiger partial charge in [0, 0.05) is 6.54 Å². The third kappa shape index (κ3) is 1.65. The van der Waals surface area contributed by atoms with Crippen LogP contribution in [0.15, 0.2) is 0 Å². The summed E-state index contributed by atoms with van der Waals surface area (Å²) in [5.41, 5.74) is -1.67. The zero-order valence-corrected chi connectivity index (χ0v) is 8.45. The molecule has 1 rings (SSSR count). The van der Waals surface area contributed by atoms with Gasteiger partial charge in [-0.1, -0.05) is 13.3 Å². The average molecular weight is 201 g/mol. The van der Waals surface area contributed by atoms with Gasteiger partial charge < -0.3 is 4.90 Å². The van der Waals surface area contributed by atoms with Crippen LogP contribution < -0.4 is 0 Å². The molecule has 1 aliphatic rings. The highest BCUT2D eigenvalue weighted by Gasteiger charge is 2.52. The zero-order valence-electron chi connectivity index (χ0n) is 8.45. The second kappa shape index (κ2) is 4.06. The first-order chi connectivity index (χ1) is 6.56. The summed E-state index contributed by atoms with van der Waals surface area (Å²) in [4.78, 5) is 28.4. The van der Waals surface area contributed by atoms with Crippen molar-refractivity contribution in [2.24, 2.45) is 0 Å². The largest absolute Gasteiger partial charge is 0.332 e. The van der Waals surface area contributed by atoms with E-state index in [0.717, 1.165) is 12.8 Å². The Hall–Kier alpha value is -0.940. The maximum Gasteiger partial charge on any atom is 0.266 e. The Morgan fingerprint density at radius 3 is 2.64 bits per heavy atom. The molecule has 0 bridgehead atoms. The molecular weight excluding hydrogens is 186 g/mol. The van der Waals surface area contributed by atoms with Gasteiger partial charge in [-0.15, -0.1) is 0 Å². The van der Waals surface area contributed by atoms with E-state index in [2.05, 4.69) is 4.89 Å². The zero-order chi connectivity index (χ0) is 10.8. The molecule has 5 nitrogen and oxygen atoms in total. The lowest BCUT2D eigenvalue weighted by molar-refractivity contribution is -0.294. The number of likely N-dealkylation sites (tertiary alicyclic amines) is 1. The minimum absolute atomic E-state index is 0.0376. The second-order valence-electron chi connectivity index (χ2n) is 3.63. The molecule has 1 amide bonds. The molecule has 1 atom stereocenters. The molecule has 0 aromatic carbocycles. The molecule has 1 fully saturated rings. The number of unbranched alkanes of at least 4 members (excludes halogenated alkanes) is 1. The Bertz CT molecular complexity index is 253. The molecule has 0 radical (unpaired) electrons. The van der Waals surface area contributed by atoms with Crippen molar-refractivity contribution >= 4 is 11.7 Å². The van der Waals surface area contributed by atoms with Gasteiger partial charge >= 0.3 is 0 Å². The summed E-state index contributed by atoms with van der Waals surface area (Å²) in [5.74, 6) is -0.834. The van der Waals surface area contributed by atoms with Crippen LogP contribution in [0.4, 0.5) is 0 Å². The second-order valence-corrected chi connectivity index (χ2v) is 3.63. The normalized spacial score (nSPS) is 27.5. The van der Waals surface area contributed by atoms with Crippen LogP contribution in [0.25, 0.3) is 0 Å². The molecule has 80 valence electrons. The van der Waals surface area contributed by atoms with E-state index in [4.69, 9.17) is 5.26 Å². The highest BCUT2D eigenvalue weighted by molar-refractivity contribution is 6.15. The fourth-order valence-electron chi connectivity index (χ4n) is 1.44. The number of nitrogens with zero attached hydrogens (tertiary/aromatic N) is 1. The van der Waals surface area contributed by atoms with E-state index in [1.54, 1.807) is 0 Å². The van der Waals surface area contributed by atoms with Crippen LogP contribution in [0, 0.1) is 0 Å². The highest BCUT2D eigenvalue weighted by atomic mass is 17.1. The SMILES string of the molecule is CCCCN1CC(=O)C(C)(OO)C1=O. The lowest BCUT2D eigenvalue weighted by atomic mass is 10.1. The van der Waals surface area contributed by atoms with Gasteiger partial charge in [-0.05, 0) is 13.3 Å². The van der Waals surface area contributed by atoms with E-state index in [0.29, 0.717) is 6.54 Å². The third-order valence-corrected chi connectivity index (χ3v) is 2.53. The number of Topliss-reactive ketones (excluding diaryl/α,β-unsaturated/α-hetero) is 1. The van der Waals surface area contributed by atoms with Crippen LogP contribution in [0.2, 0.25) is 0 Å². The number of ketones is 1. The smallest absolute Gasteiger partial charge is 0.266 e. The Balaban J connectivity index is 2.69. The molecule has 1 aliphatic heterocycles.